The van der Waals surface area contributed by atoms with E-state index in [0.717, 1.165) is 90.5 Å². The van der Waals surface area contributed by atoms with Gasteiger partial charge in [0, 0.05) is 24.2 Å². The van der Waals surface area contributed by atoms with Crippen LogP contribution in [0.1, 0.15) is 162 Å². The maximum Gasteiger partial charge on any atom is 0.457 e. The van der Waals surface area contributed by atoms with Crippen LogP contribution in [0.2, 0.25) is 12.6 Å². The van der Waals surface area contributed by atoms with Crippen LogP contribution in [0.3, 0.4) is 0 Å². The second-order valence-electron chi connectivity index (χ2n) is 21.2. The number of hydrogen-bond acceptors (Lipinski definition) is 8. The lowest BCUT2D eigenvalue weighted by molar-refractivity contribution is -0.139. The quantitative estimate of drug-likeness (QED) is 0.118. The van der Waals surface area contributed by atoms with Crippen molar-refractivity contribution in [2.75, 3.05) is 39.3 Å². The first-order valence-electron chi connectivity index (χ1n) is 22.5. The lowest BCUT2D eigenvalue weighted by Crippen LogP contribution is -2.54. The Balaban J connectivity index is 0.000000396. The minimum absolute atomic E-state index is 0.145. The minimum atomic E-state index is -1.25. The van der Waals surface area contributed by atoms with E-state index >= 15 is 0 Å². The van der Waals surface area contributed by atoms with Crippen LogP contribution in [-0.2, 0) is 18.9 Å². The van der Waals surface area contributed by atoms with E-state index in [2.05, 4.69) is 110 Å². The Bertz CT molecular complexity index is 1200. The van der Waals surface area contributed by atoms with Crippen molar-refractivity contribution in [3.8, 4) is 0 Å². The summed E-state index contributed by atoms with van der Waals surface area (Å²) in [6, 6.07) is 0. The molecular formula is C44H88B2N4O6. The summed E-state index contributed by atoms with van der Waals surface area (Å²) in [5, 5.41) is 24.9. The van der Waals surface area contributed by atoms with Crippen molar-refractivity contribution in [3.05, 3.63) is 0 Å². The highest BCUT2D eigenvalue weighted by Crippen LogP contribution is 2.48. The van der Waals surface area contributed by atoms with Gasteiger partial charge in [-0.05, 0) is 157 Å². The van der Waals surface area contributed by atoms with E-state index < -0.39 is 12.5 Å². The molecule has 3 aliphatic rings. The highest BCUT2D eigenvalue weighted by Gasteiger charge is 2.52. The van der Waals surface area contributed by atoms with Gasteiger partial charge >= 0.3 is 14.2 Å². The fourth-order valence-corrected chi connectivity index (χ4v) is 9.28. The van der Waals surface area contributed by atoms with Crippen LogP contribution in [0.25, 0.3) is 0 Å². The molecule has 2 amide bonds. The molecule has 1 saturated heterocycles. The first kappa shape index (κ1) is 51.0. The van der Waals surface area contributed by atoms with Crippen LogP contribution < -0.4 is 10.6 Å². The van der Waals surface area contributed by atoms with Crippen LogP contribution >= 0.6 is 0 Å². The first-order valence-corrected chi connectivity index (χ1v) is 22.5. The van der Waals surface area contributed by atoms with Crippen LogP contribution in [0, 0.1) is 34.5 Å². The maximum atomic E-state index is 13.5. The van der Waals surface area contributed by atoms with Crippen molar-refractivity contribution in [1.29, 1.82) is 0 Å². The molecule has 3 rings (SSSR count). The standard InChI is InChI=1S/C25H49BN2O3.C19H39BN2O3/c1-11-28(12-2)18-20-14-13-19(17-25(20,10)21(29)27-22(3,4)5)15-16-26-30-23(6,7)24(8,9)31-26;1-7-22(8-2)14-16-10-9-15(11-12-20(24)25)13-19(16,6)17(23)21-18(3,4)5/h19-20H,11-18H2,1-10H3,(H,27,29);15-16,24-25H,7-14H2,1-6H3,(H,21,23)/t19-,20?,25-;15-,16?,19-/m00/s1. The Kier molecular flexibility index (Phi) is 19.0. The second kappa shape index (κ2) is 20.9. The largest absolute Gasteiger partial charge is 0.457 e. The molecular weight excluding hydrogens is 702 g/mol. The molecule has 4 N–H and O–H groups in total. The molecule has 56 heavy (non-hydrogen) atoms. The highest BCUT2D eigenvalue weighted by molar-refractivity contribution is 6.45. The van der Waals surface area contributed by atoms with Crippen molar-refractivity contribution in [2.24, 2.45) is 34.5 Å². The Labute approximate surface area is 345 Å². The summed E-state index contributed by atoms with van der Waals surface area (Å²) in [5.41, 5.74) is -1.75. The number of hydrogen-bond donors (Lipinski definition) is 4. The zero-order chi connectivity index (χ0) is 42.9. The van der Waals surface area contributed by atoms with E-state index in [0.29, 0.717) is 30.0 Å². The van der Waals surface area contributed by atoms with Crippen LogP contribution in [0.5, 0.6) is 0 Å². The predicted octanol–water partition coefficient (Wildman–Crippen LogP) is 7.68. The number of nitrogens with one attached hydrogen (secondary N) is 2. The average molecular weight is 791 g/mol. The summed E-state index contributed by atoms with van der Waals surface area (Å²) in [5.74, 6) is 2.00. The van der Waals surface area contributed by atoms with E-state index in [-0.39, 0.29) is 46.6 Å². The van der Waals surface area contributed by atoms with Gasteiger partial charge in [0.1, 0.15) is 0 Å². The molecule has 12 heteroatoms. The van der Waals surface area contributed by atoms with Gasteiger partial charge in [0.15, 0.2) is 0 Å². The summed E-state index contributed by atoms with van der Waals surface area (Å²) >= 11 is 0. The van der Waals surface area contributed by atoms with E-state index in [9.17, 15) is 19.6 Å². The molecule has 10 nitrogen and oxygen atoms in total. The van der Waals surface area contributed by atoms with Gasteiger partial charge < -0.3 is 39.8 Å². The summed E-state index contributed by atoms with van der Waals surface area (Å²) in [4.78, 5) is 31.5. The molecule has 3 fully saturated rings. The summed E-state index contributed by atoms with van der Waals surface area (Å²) < 4.78 is 12.4. The SMILES string of the molecule is CCN(CC)CC1CC[C@@H](CCB(O)O)C[C@]1(C)C(=O)NC(C)(C)C.CCN(CC)CC1CC[C@@H](CCB2OC(C)(C)C(C)(C)O2)C[C@]1(C)C(=O)NC(C)(C)C. The van der Waals surface area contributed by atoms with Gasteiger partial charge in [0.25, 0.3) is 0 Å². The Morgan fingerprint density at radius 2 is 1.02 bits per heavy atom. The Morgan fingerprint density at radius 3 is 1.34 bits per heavy atom. The van der Waals surface area contributed by atoms with Crippen molar-refractivity contribution in [1.82, 2.24) is 20.4 Å². The van der Waals surface area contributed by atoms with Gasteiger partial charge in [-0.1, -0.05) is 67.2 Å². The predicted molar refractivity (Wildman–Crippen MR) is 234 cm³/mol. The Hall–Kier alpha value is -1.17. The molecule has 1 aliphatic heterocycles. The van der Waals surface area contributed by atoms with Crippen molar-refractivity contribution < 1.29 is 28.9 Å². The molecule has 2 unspecified atom stereocenters. The number of rotatable bonds is 16. The molecule has 0 aromatic rings. The number of carbonyl (C=O) groups excluding carboxylic acids is 2. The topological polar surface area (TPSA) is 124 Å². The molecule has 0 spiro atoms. The molecule has 2 saturated carbocycles. The molecule has 2 aliphatic carbocycles. The molecule has 1 heterocycles. The van der Waals surface area contributed by atoms with Crippen LogP contribution in [0.15, 0.2) is 0 Å². The third-order valence-corrected chi connectivity index (χ3v) is 13.8. The third kappa shape index (κ3) is 14.8. The molecule has 0 aromatic carbocycles. The van der Waals surface area contributed by atoms with E-state index in [1.165, 1.54) is 6.42 Å². The van der Waals surface area contributed by atoms with Crippen LogP contribution in [-0.4, -0.2) is 107 Å². The van der Waals surface area contributed by atoms with Crippen LogP contribution in [0.4, 0.5) is 0 Å². The molecule has 326 valence electrons. The smallest absolute Gasteiger partial charge is 0.427 e. The zero-order valence-electron chi connectivity index (χ0n) is 39.2. The normalized spacial score (nSPS) is 29.2. The number of amides is 2. The number of carbonyl (C=O) groups is 2. The summed E-state index contributed by atoms with van der Waals surface area (Å²) in [6.07, 6.45) is 9.27. The summed E-state index contributed by atoms with van der Waals surface area (Å²) in [6.45, 7) is 39.9. The van der Waals surface area contributed by atoms with E-state index in [1.807, 2.05) is 20.8 Å². The zero-order valence-corrected chi connectivity index (χ0v) is 39.2. The molecule has 0 radical (unpaired) electrons. The summed E-state index contributed by atoms with van der Waals surface area (Å²) in [7, 11) is -1.39. The van der Waals surface area contributed by atoms with Gasteiger partial charge in [-0.15, -0.1) is 0 Å². The lowest BCUT2D eigenvalue weighted by Gasteiger charge is -2.46. The second-order valence-corrected chi connectivity index (χ2v) is 21.2. The van der Waals surface area contributed by atoms with E-state index in [4.69, 9.17) is 9.31 Å². The average Bonchev–Trinajstić information content (AvgIpc) is 3.29. The van der Waals surface area contributed by atoms with Crippen molar-refractivity contribution in [2.45, 2.75) is 197 Å². The van der Waals surface area contributed by atoms with Gasteiger partial charge in [-0.2, -0.15) is 0 Å². The Morgan fingerprint density at radius 1 is 0.661 bits per heavy atom. The molecule has 0 aromatic heterocycles. The lowest BCUT2D eigenvalue weighted by atomic mass is 9.61. The molecule has 0 bridgehead atoms. The monoisotopic (exact) mass is 791 g/mol. The fraction of sp³-hybridized carbons (Fsp3) is 0.955. The minimum Gasteiger partial charge on any atom is -0.427 e. The number of nitrogens with zero attached hydrogens (tertiary/aromatic N) is 2. The third-order valence-electron chi connectivity index (χ3n) is 13.8. The van der Waals surface area contributed by atoms with Gasteiger partial charge in [-0.3, -0.25) is 9.59 Å². The van der Waals surface area contributed by atoms with Crippen molar-refractivity contribution in [3.63, 3.8) is 0 Å². The first-order chi connectivity index (χ1) is 25.6. The maximum absolute atomic E-state index is 13.5. The highest BCUT2D eigenvalue weighted by atomic mass is 16.7. The van der Waals surface area contributed by atoms with Gasteiger partial charge in [-0.25, -0.2) is 0 Å². The van der Waals surface area contributed by atoms with Gasteiger partial charge in [0.05, 0.1) is 22.0 Å². The molecule has 6 atom stereocenters. The van der Waals surface area contributed by atoms with Gasteiger partial charge in [0.2, 0.25) is 11.8 Å². The fourth-order valence-electron chi connectivity index (χ4n) is 9.28. The van der Waals surface area contributed by atoms with Crippen molar-refractivity contribution >= 4 is 26.1 Å². The van der Waals surface area contributed by atoms with E-state index in [1.54, 1.807) is 0 Å².